The molecule has 152 valence electrons. The summed E-state index contributed by atoms with van der Waals surface area (Å²) in [6, 6.07) is 4.97. The number of benzene rings is 1. The first-order valence-corrected chi connectivity index (χ1v) is 7.62. The molecule has 1 aromatic rings. The Kier molecular flexibility index (Phi) is 8.32. The number of ketones is 2. The van der Waals surface area contributed by atoms with Crippen LogP contribution in [0.3, 0.4) is 0 Å². The van der Waals surface area contributed by atoms with Crippen LogP contribution in [-0.4, -0.2) is 29.8 Å². The molecule has 0 saturated carbocycles. The molecule has 1 amide bonds. The van der Waals surface area contributed by atoms with Gasteiger partial charge in [-0.2, -0.15) is 26.3 Å². The highest BCUT2D eigenvalue weighted by molar-refractivity contribution is 6.41. The topological polar surface area (TPSA) is 63.2 Å². The van der Waals surface area contributed by atoms with Crippen LogP contribution >= 0.6 is 23.2 Å². The average molecular weight is 440 g/mol. The highest BCUT2D eigenvalue weighted by atomic mass is 35.5. The lowest BCUT2D eigenvalue weighted by Gasteiger charge is -2.18. The molecule has 0 aliphatic rings. The Morgan fingerprint density at radius 2 is 1.26 bits per heavy atom. The highest BCUT2D eigenvalue weighted by Crippen LogP contribution is 2.27. The Bertz CT molecular complexity index is 700. The van der Waals surface area contributed by atoms with E-state index in [1.54, 1.807) is 18.2 Å². The summed E-state index contributed by atoms with van der Waals surface area (Å²) in [4.78, 5) is 30.9. The Labute approximate surface area is 159 Å². The number of carbonyl (C=O) groups is 3. The summed E-state index contributed by atoms with van der Waals surface area (Å²) in [6.45, 7) is 5.52. The van der Waals surface area contributed by atoms with Crippen molar-refractivity contribution in [3.8, 4) is 0 Å². The van der Waals surface area contributed by atoms with E-state index in [9.17, 15) is 40.7 Å². The predicted molar refractivity (Wildman–Crippen MR) is 86.7 cm³/mol. The van der Waals surface area contributed by atoms with Crippen molar-refractivity contribution < 1.29 is 40.7 Å². The largest absolute Gasteiger partial charge is 0.458 e. The summed E-state index contributed by atoms with van der Waals surface area (Å²) < 4.78 is 67.0. The van der Waals surface area contributed by atoms with Gasteiger partial charge in [0.2, 0.25) is 5.91 Å². The maximum absolute atomic E-state index is 11.7. The molecular weight excluding hydrogens is 427 g/mol. The van der Waals surface area contributed by atoms with Gasteiger partial charge in [0.25, 0.3) is 0 Å². The molecule has 0 fully saturated rings. The van der Waals surface area contributed by atoms with Gasteiger partial charge in [0.15, 0.2) is 0 Å². The van der Waals surface area contributed by atoms with Gasteiger partial charge < -0.3 is 5.32 Å². The van der Waals surface area contributed by atoms with Crippen LogP contribution in [0.5, 0.6) is 0 Å². The first-order valence-electron chi connectivity index (χ1n) is 6.86. The highest BCUT2D eigenvalue weighted by Gasteiger charge is 2.54. The molecule has 27 heavy (non-hydrogen) atoms. The van der Waals surface area contributed by atoms with Crippen LogP contribution in [-0.2, 0) is 14.4 Å². The van der Waals surface area contributed by atoms with Crippen molar-refractivity contribution in [3.05, 3.63) is 28.2 Å². The Morgan fingerprint density at radius 1 is 0.852 bits per heavy atom. The van der Waals surface area contributed by atoms with Crippen molar-refractivity contribution in [2.24, 2.45) is 5.41 Å². The number of Topliss-reactive ketones (excluding diaryl/α,β-unsaturated/α-hetero) is 2. The fraction of sp³-hybridized carbons (Fsp3) is 0.400. The summed E-state index contributed by atoms with van der Waals surface area (Å²) in [7, 11) is 0. The van der Waals surface area contributed by atoms with Crippen molar-refractivity contribution in [1.29, 1.82) is 0 Å². The monoisotopic (exact) mass is 439 g/mol. The van der Waals surface area contributed by atoms with Gasteiger partial charge in [0, 0.05) is 10.4 Å². The molecule has 1 N–H and O–H groups in total. The zero-order valence-electron chi connectivity index (χ0n) is 14.0. The predicted octanol–water partition coefficient (Wildman–Crippen LogP) is 5.23. The SMILES string of the molecule is CC(C)(C)C(=O)Nc1ccc(Cl)cc1Cl.O=C(C(=O)C(F)(F)F)C(F)(F)F. The molecule has 0 atom stereocenters. The van der Waals surface area contributed by atoms with E-state index in [4.69, 9.17) is 23.2 Å². The summed E-state index contributed by atoms with van der Waals surface area (Å²) in [5.41, 5.74) is 0.143. The second-order valence-electron chi connectivity index (χ2n) is 5.98. The third-order valence-electron chi connectivity index (χ3n) is 2.58. The van der Waals surface area contributed by atoms with Gasteiger partial charge >= 0.3 is 23.9 Å². The molecule has 0 bridgehead atoms. The van der Waals surface area contributed by atoms with Gasteiger partial charge in [-0.1, -0.05) is 44.0 Å². The molecule has 0 radical (unpaired) electrons. The molecule has 1 aromatic carbocycles. The Balaban J connectivity index is 0.000000516. The van der Waals surface area contributed by atoms with Crippen molar-refractivity contribution in [2.45, 2.75) is 33.1 Å². The van der Waals surface area contributed by atoms with Crippen LogP contribution in [0.15, 0.2) is 18.2 Å². The minimum absolute atomic E-state index is 0.0771. The lowest BCUT2D eigenvalue weighted by Crippen LogP contribution is -2.39. The van der Waals surface area contributed by atoms with Gasteiger partial charge in [0.1, 0.15) is 0 Å². The van der Waals surface area contributed by atoms with Crippen molar-refractivity contribution in [2.75, 3.05) is 5.32 Å². The molecule has 1 rings (SSSR count). The summed E-state index contributed by atoms with van der Waals surface area (Å²) in [5, 5.41) is 3.74. The van der Waals surface area contributed by atoms with Crippen molar-refractivity contribution in [3.63, 3.8) is 0 Å². The van der Waals surface area contributed by atoms with E-state index in [0.717, 1.165) is 0 Å². The van der Waals surface area contributed by atoms with E-state index in [2.05, 4.69) is 5.32 Å². The van der Waals surface area contributed by atoms with E-state index >= 15 is 0 Å². The average Bonchev–Trinajstić information content (AvgIpc) is 2.46. The third kappa shape index (κ3) is 8.61. The normalized spacial score (nSPS) is 12.0. The van der Waals surface area contributed by atoms with E-state index in [0.29, 0.717) is 15.7 Å². The molecule has 0 aliphatic heterocycles. The summed E-state index contributed by atoms with van der Waals surface area (Å²) >= 11 is 11.7. The zero-order chi connectivity index (χ0) is 21.8. The van der Waals surface area contributed by atoms with E-state index < -0.39 is 29.3 Å². The number of amides is 1. The van der Waals surface area contributed by atoms with Crippen molar-refractivity contribution in [1.82, 2.24) is 0 Å². The van der Waals surface area contributed by atoms with E-state index in [-0.39, 0.29) is 5.91 Å². The molecule has 0 saturated heterocycles. The second-order valence-corrected chi connectivity index (χ2v) is 6.83. The van der Waals surface area contributed by atoms with Gasteiger partial charge in [-0.25, -0.2) is 0 Å². The maximum atomic E-state index is 11.7. The maximum Gasteiger partial charge on any atom is 0.458 e. The first-order chi connectivity index (χ1) is 11.9. The Morgan fingerprint density at radius 3 is 1.56 bits per heavy atom. The second kappa shape index (κ2) is 8.92. The lowest BCUT2D eigenvalue weighted by atomic mass is 9.95. The molecular formula is C15H13Cl2F6NO3. The Hall–Kier alpha value is -1.81. The van der Waals surface area contributed by atoms with Crippen LogP contribution in [0.4, 0.5) is 32.0 Å². The fourth-order valence-corrected chi connectivity index (χ4v) is 1.61. The number of halogens is 8. The van der Waals surface area contributed by atoms with Gasteiger partial charge in [-0.05, 0) is 18.2 Å². The van der Waals surface area contributed by atoms with Crippen LogP contribution in [0.2, 0.25) is 10.0 Å². The number of hydrogen-bond donors (Lipinski definition) is 1. The number of alkyl halides is 6. The fourth-order valence-electron chi connectivity index (χ4n) is 1.16. The van der Waals surface area contributed by atoms with Crippen LogP contribution < -0.4 is 5.32 Å². The molecule has 0 unspecified atom stereocenters. The lowest BCUT2D eigenvalue weighted by molar-refractivity contribution is -0.193. The standard InChI is InChI=1S/C11H13Cl2NO.C4F6O2/c1-11(2,3)10(15)14-9-5-4-7(12)6-8(9)13;5-3(6,7)1(11)2(12)4(8,9)10/h4-6H,1-3H3,(H,14,15);. The van der Waals surface area contributed by atoms with Gasteiger partial charge in [0.05, 0.1) is 10.7 Å². The molecule has 12 heteroatoms. The smallest absolute Gasteiger partial charge is 0.324 e. The third-order valence-corrected chi connectivity index (χ3v) is 3.13. The van der Waals surface area contributed by atoms with Crippen LogP contribution in [0, 0.1) is 5.41 Å². The molecule has 4 nitrogen and oxygen atoms in total. The summed E-state index contributed by atoms with van der Waals surface area (Å²) in [5.74, 6) is -6.89. The molecule has 0 aliphatic carbocycles. The van der Waals surface area contributed by atoms with Gasteiger partial charge in [-0.3, -0.25) is 14.4 Å². The van der Waals surface area contributed by atoms with E-state index in [1.807, 2.05) is 20.8 Å². The molecule has 0 aromatic heterocycles. The van der Waals surface area contributed by atoms with Crippen molar-refractivity contribution >= 4 is 46.4 Å². The quantitative estimate of drug-likeness (QED) is 0.507. The number of carbonyl (C=O) groups excluding carboxylic acids is 3. The first kappa shape index (κ1) is 25.2. The van der Waals surface area contributed by atoms with Crippen LogP contribution in [0.25, 0.3) is 0 Å². The molecule has 0 spiro atoms. The number of nitrogens with one attached hydrogen (secondary N) is 1. The van der Waals surface area contributed by atoms with Crippen LogP contribution in [0.1, 0.15) is 20.8 Å². The number of anilines is 1. The molecule has 0 heterocycles. The minimum Gasteiger partial charge on any atom is -0.324 e. The number of hydrogen-bond acceptors (Lipinski definition) is 3. The van der Waals surface area contributed by atoms with E-state index in [1.165, 1.54) is 0 Å². The number of rotatable bonds is 2. The van der Waals surface area contributed by atoms with Gasteiger partial charge in [-0.15, -0.1) is 0 Å². The minimum atomic E-state index is -5.77. The summed E-state index contributed by atoms with van der Waals surface area (Å²) in [6.07, 6.45) is -11.5. The zero-order valence-corrected chi connectivity index (χ0v) is 15.5.